The van der Waals surface area contributed by atoms with Gasteiger partial charge in [-0.2, -0.15) is 5.26 Å². The van der Waals surface area contributed by atoms with Gasteiger partial charge in [0.05, 0.1) is 5.69 Å². The molecule has 2 aromatic rings. The molecule has 6 heteroatoms. The number of likely N-dealkylation sites (tertiary alicyclic amines) is 1. The summed E-state index contributed by atoms with van der Waals surface area (Å²) in [4.78, 5) is 15.9. The standard InChI is InChI=1S/C21H26N4OS/c1-14-6-7-16(15(2)12-14)19(26)20-18(23)17(13-22)21(27-20)24-8-11-25-9-4-3-5-10-25/h6-7,12,24H,3-5,8-11,23H2,1-2H3. The van der Waals surface area contributed by atoms with E-state index in [4.69, 9.17) is 5.73 Å². The van der Waals surface area contributed by atoms with Gasteiger partial charge in [-0.3, -0.25) is 4.79 Å². The fraction of sp³-hybridized carbons (Fsp3) is 0.429. The lowest BCUT2D eigenvalue weighted by Crippen LogP contribution is -2.33. The number of rotatable bonds is 6. The Kier molecular flexibility index (Phi) is 6.15. The highest BCUT2D eigenvalue weighted by Gasteiger charge is 2.23. The van der Waals surface area contributed by atoms with Gasteiger partial charge in [-0.05, 0) is 45.3 Å². The molecule has 0 atom stereocenters. The highest BCUT2D eigenvalue weighted by Crippen LogP contribution is 2.37. The molecule has 0 radical (unpaired) electrons. The number of carbonyl (C=O) groups excluding carboxylic acids is 1. The summed E-state index contributed by atoms with van der Waals surface area (Å²) >= 11 is 1.29. The van der Waals surface area contributed by atoms with Crippen LogP contribution in [-0.2, 0) is 0 Å². The average molecular weight is 383 g/mol. The molecule has 1 aliphatic rings. The molecule has 2 heterocycles. The fourth-order valence-corrected chi connectivity index (χ4v) is 4.60. The van der Waals surface area contributed by atoms with Gasteiger partial charge in [-0.25, -0.2) is 0 Å². The summed E-state index contributed by atoms with van der Waals surface area (Å²) in [5, 5.41) is 13.5. The number of carbonyl (C=O) groups is 1. The summed E-state index contributed by atoms with van der Waals surface area (Å²) in [6.07, 6.45) is 3.82. The Hall–Kier alpha value is -2.36. The number of aryl methyl sites for hydroxylation is 2. The predicted molar refractivity (Wildman–Crippen MR) is 112 cm³/mol. The minimum Gasteiger partial charge on any atom is -0.396 e. The Morgan fingerprint density at radius 1 is 1.30 bits per heavy atom. The van der Waals surface area contributed by atoms with Crippen LogP contribution in [0.1, 0.15) is 51.2 Å². The second kappa shape index (κ2) is 8.55. The van der Waals surface area contributed by atoms with Crippen LogP contribution in [0.25, 0.3) is 0 Å². The van der Waals surface area contributed by atoms with Crippen LogP contribution in [-0.4, -0.2) is 36.9 Å². The first kappa shape index (κ1) is 19.4. The number of nitriles is 1. The van der Waals surface area contributed by atoms with Gasteiger partial charge in [0.25, 0.3) is 0 Å². The molecule has 3 rings (SSSR count). The summed E-state index contributed by atoms with van der Waals surface area (Å²) in [5.41, 5.74) is 9.50. The molecule has 3 N–H and O–H groups in total. The molecule has 1 fully saturated rings. The normalized spacial score (nSPS) is 14.7. The van der Waals surface area contributed by atoms with E-state index in [1.54, 1.807) is 0 Å². The molecule has 1 aromatic carbocycles. The van der Waals surface area contributed by atoms with Crippen molar-refractivity contribution in [1.29, 1.82) is 5.26 Å². The number of nitrogens with zero attached hydrogens (tertiary/aromatic N) is 2. The summed E-state index contributed by atoms with van der Waals surface area (Å²) in [7, 11) is 0. The second-order valence-electron chi connectivity index (χ2n) is 7.14. The van der Waals surface area contributed by atoms with Gasteiger partial charge in [0.15, 0.2) is 0 Å². The predicted octanol–water partition coefficient (Wildman–Crippen LogP) is 3.95. The van der Waals surface area contributed by atoms with Crippen LogP contribution in [0.15, 0.2) is 18.2 Å². The van der Waals surface area contributed by atoms with E-state index >= 15 is 0 Å². The number of nitrogens with two attached hydrogens (primary N) is 1. The van der Waals surface area contributed by atoms with E-state index in [9.17, 15) is 10.1 Å². The lowest BCUT2D eigenvalue weighted by atomic mass is 10.0. The van der Waals surface area contributed by atoms with E-state index in [1.807, 2.05) is 32.0 Å². The zero-order valence-corrected chi connectivity index (χ0v) is 16.8. The van der Waals surface area contributed by atoms with Gasteiger partial charge >= 0.3 is 0 Å². The molecule has 0 aliphatic carbocycles. The average Bonchev–Trinajstić information content (AvgIpc) is 2.97. The first-order valence-corrected chi connectivity index (χ1v) is 10.2. The van der Waals surface area contributed by atoms with Crippen LogP contribution >= 0.6 is 11.3 Å². The topological polar surface area (TPSA) is 82.2 Å². The Bertz CT molecular complexity index is 875. The maximum atomic E-state index is 13.0. The summed E-state index contributed by atoms with van der Waals surface area (Å²) in [5.74, 6) is -0.115. The largest absolute Gasteiger partial charge is 0.396 e. The Morgan fingerprint density at radius 3 is 2.70 bits per heavy atom. The maximum Gasteiger partial charge on any atom is 0.205 e. The summed E-state index contributed by atoms with van der Waals surface area (Å²) in [6, 6.07) is 7.90. The quantitative estimate of drug-likeness (QED) is 0.739. The number of piperidine rings is 1. The summed E-state index contributed by atoms with van der Waals surface area (Å²) in [6.45, 7) is 7.87. The number of hydrogen-bond acceptors (Lipinski definition) is 6. The molecule has 5 nitrogen and oxygen atoms in total. The molecule has 1 aliphatic heterocycles. The van der Waals surface area contributed by atoms with E-state index in [1.165, 1.54) is 30.6 Å². The first-order chi connectivity index (χ1) is 13.0. The molecule has 0 saturated carbocycles. The van der Waals surface area contributed by atoms with Crippen LogP contribution in [0.2, 0.25) is 0 Å². The van der Waals surface area contributed by atoms with Crippen molar-refractivity contribution in [2.75, 3.05) is 37.2 Å². The van der Waals surface area contributed by atoms with Gasteiger partial charge in [0.1, 0.15) is 21.5 Å². The van der Waals surface area contributed by atoms with E-state index in [2.05, 4.69) is 16.3 Å². The maximum absolute atomic E-state index is 13.0. The molecule has 0 spiro atoms. The van der Waals surface area contributed by atoms with Crippen molar-refractivity contribution >= 4 is 27.8 Å². The first-order valence-electron chi connectivity index (χ1n) is 9.41. The lowest BCUT2D eigenvalue weighted by molar-refractivity contribution is 0.104. The zero-order valence-electron chi connectivity index (χ0n) is 16.0. The molecule has 0 unspecified atom stereocenters. The van der Waals surface area contributed by atoms with Crippen molar-refractivity contribution in [2.24, 2.45) is 0 Å². The molecule has 0 bridgehead atoms. The van der Waals surface area contributed by atoms with Crippen LogP contribution in [0.3, 0.4) is 0 Å². The number of anilines is 2. The number of thiophene rings is 1. The molecule has 0 amide bonds. The second-order valence-corrected chi connectivity index (χ2v) is 8.16. The lowest BCUT2D eigenvalue weighted by Gasteiger charge is -2.26. The van der Waals surface area contributed by atoms with Crippen LogP contribution in [0.5, 0.6) is 0 Å². The molecule has 142 valence electrons. The van der Waals surface area contributed by atoms with Crippen molar-refractivity contribution in [3.63, 3.8) is 0 Å². The molecular weight excluding hydrogens is 356 g/mol. The molecule has 1 aromatic heterocycles. The number of nitrogens with one attached hydrogen (secondary N) is 1. The van der Waals surface area contributed by atoms with Gasteiger partial charge in [-0.15, -0.1) is 11.3 Å². The monoisotopic (exact) mass is 382 g/mol. The number of nitrogen functional groups attached to an aromatic ring is 1. The number of ketones is 1. The van der Waals surface area contributed by atoms with E-state index in [-0.39, 0.29) is 11.5 Å². The third kappa shape index (κ3) is 4.32. The zero-order chi connectivity index (χ0) is 19.4. The molecule has 1 saturated heterocycles. The van der Waals surface area contributed by atoms with E-state index in [0.717, 1.165) is 37.3 Å². The van der Waals surface area contributed by atoms with E-state index in [0.29, 0.717) is 21.0 Å². The molecular formula is C21H26N4OS. The molecule has 27 heavy (non-hydrogen) atoms. The van der Waals surface area contributed by atoms with Crippen LogP contribution in [0, 0.1) is 25.2 Å². The number of hydrogen-bond donors (Lipinski definition) is 2. The van der Waals surface area contributed by atoms with Crippen molar-refractivity contribution in [1.82, 2.24) is 4.90 Å². The van der Waals surface area contributed by atoms with Gasteiger partial charge in [0.2, 0.25) is 5.78 Å². The Labute approximate surface area is 164 Å². The minimum absolute atomic E-state index is 0.115. The van der Waals surface area contributed by atoms with Gasteiger partial charge in [0, 0.05) is 18.7 Å². The third-order valence-electron chi connectivity index (χ3n) is 5.05. The SMILES string of the molecule is Cc1ccc(C(=O)c2sc(NCCN3CCCCC3)c(C#N)c2N)c(C)c1. The minimum atomic E-state index is -0.115. The Balaban J connectivity index is 1.77. The number of benzene rings is 1. The summed E-state index contributed by atoms with van der Waals surface area (Å²) < 4.78 is 0. The highest BCUT2D eigenvalue weighted by atomic mass is 32.1. The van der Waals surface area contributed by atoms with Gasteiger partial charge in [-0.1, -0.05) is 30.2 Å². The van der Waals surface area contributed by atoms with Gasteiger partial charge < -0.3 is 16.0 Å². The van der Waals surface area contributed by atoms with Crippen molar-refractivity contribution in [3.8, 4) is 6.07 Å². The Morgan fingerprint density at radius 2 is 2.04 bits per heavy atom. The van der Waals surface area contributed by atoms with Crippen molar-refractivity contribution in [3.05, 3.63) is 45.3 Å². The highest BCUT2D eigenvalue weighted by molar-refractivity contribution is 7.19. The third-order valence-corrected chi connectivity index (χ3v) is 6.21. The van der Waals surface area contributed by atoms with Crippen LogP contribution in [0.4, 0.5) is 10.7 Å². The fourth-order valence-electron chi connectivity index (χ4n) is 3.55. The smallest absolute Gasteiger partial charge is 0.205 e. The van der Waals surface area contributed by atoms with Crippen molar-refractivity contribution < 1.29 is 4.79 Å². The van der Waals surface area contributed by atoms with E-state index < -0.39 is 0 Å². The van der Waals surface area contributed by atoms with Crippen LogP contribution < -0.4 is 11.1 Å². The van der Waals surface area contributed by atoms with Crippen molar-refractivity contribution in [2.45, 2.75) is 33.1 Å².